The van der Waals surface area contributed by atoms with E-state index in [2.05, 4.69) is 17.1 Å². The van der Waals surface area contributed by atoms with Crippen molar-refractivity contribution in [1.82, 2.24) is 4.98 Å². The molecule has 3 rings (SSSR count). The van der Waals surface area contributed by atoms with E-state index in [1.54, 1.807) is 23.9 Å². The summed E-state index contributed by atoms with van der Waals surface area (Å²) < 4.78 is 13.3. The van der Waals surface area contributed by atoms with Crippen molar-refractivity contribution in [3.8, 4) is 0 Å². The van der Waals surface area contributed by atoms with Crippen molar-refractivity contribution >= 4 is 22.7 Å². The number of H-pyrrole nitrogens is 1. The first-order valence-electron chi connectivity index (χ1n) is 6.46. The molecule has 2 nitrogen and oxygen atoms in total. The lowest BCUT2D eigenvalue weighted by Gasteiger charge is -2.13. The third kappa shape index (κ3) is 2.71. The predicted octanol–water partition coefficient (Wildman–Crippen LogP) is 4.10. The summed E-state index contributed by atoms with van der Waals surface area (Å²) in [5.41, 5.74) is 7.85. The van der Waals surface area contributed by atoms with Gasteiger partial charge in [-0.05, 0) is 29.8 Å². The number of hydrogen-bond acceptors (Lipinski definition) is 2. The molecule has 0 aliphatic carbocycles. The quantitative estimate of drug-likeness (QED) is 0.709. The van der Waals surface area contributed by atoms with Crippen molar-refractivity contribution in [2.45, 2.75) is 10.3 Å². The van der Waals surface area contributed by atoms with E-state index in [0.29, 0.717) is 6.54 Å². The summed E-state index contributed by atoms with van der Waals surface area (Å²) >= 11 is 1.63. The van der Waals surface area contributed by atoms with Gasteiger partial charge >= 0.3 is 0 Å². The van der Waals surface area contributed by atoms with E-state index < -0.39 is 0 Å². The fourth-order valence-corrected chi connectivity index (χ4v) is 3.27. The van der Waals surface area contributed by atoms with E-state index in [0.717, 1.165) is 16.1 Å². The van der Waals surface area contributed by atoms with Crippen LogP contribution in [0.25, 0.3) is 10.9 Å². The van der Waals surface area contributed by atoms with Crippen molar-refractivity contribution in [3.05, 3.63) is 66.0 Å². The van der Waals surface area contributed by atoms with Gasteiger partial charge in [-0.25, -0.2) is 4.39 Å². The van der Waals surface area contributed by atoms with Crippen LogP contribution in [-0.4, -0.2) is 11.5 Å². The Kier molecular flexibility index (Phi) is 3.76. The van der Waals surface area contributed by atoms with Crippen LogP contribution in [0.2, 0.25) is 0 Å². The van der Waals surface area contributed by atoms with Crippen LogP contribution in [0, 0.1) is 5.82 Å². The molecule has 1 heterocycles. The summed E-state index contributed by atoms with van der Waals surface area (Å²) in [6.45, 7) is 0.462. The van der Waals surface area contributed by atoms with E-state index in [1.807, 2.05) is 24.3 Å². The molecule has 2 aromatic carbocycles. The maximum Gasteiger partial charge on any atom is 0.123 e. The molecular weight excluding hydrogens is 271 g/mol. The molecule has 0 amide bonds. The number of halogens is 1. The lowest BCUT2D eigenvalue weighted by atomic mass is 10.1. The standard InChI is InChI=1S/C16H15FN2S/c17-13-6-3-5-12(8-13)15(10-18)20-16-9-11-4-1-2-7-14(11)19-16/h1-9,15,19H,10,18H2. The fraction of sp³-hybridized carbons (Fsp3) is 0.125. The molecule has 20 heavy (non-hydrogen) atoms. The zero-order valence-electron chi connectivity index (χ0n) is 10.8. The van der Waals surface area contributed by atoms with E-state index in [-0.39, 0.29) is 11.1 Å². The molecule has 1 unspecified atom stereocenters. The lowest BCUT2D eigenvalue weighted by molar-refractivity contribution is 0.625. The Morgan fingerprint density at radius 1 is 1.10 bits per heavy atom. The van der Waals surface area contributed by atoms with Crippen LogP contribution < -0.4 is 5.73 Å². The number of nitrogens with two attached hydrogens (primary N) is 1. The van der Waals surface area contributed by atoms with Gasteiger partial charge in [-0.1, -0.05) is 42.1 Å². The number of benzene rings is 2. The molecule has 0 fully saturated rings. The number of fused-ring (bicyclic) bond motifs is 1. The van der Waals surface area contributed by atoms with Crippen molar-refractivity contribution in [2.24, 2.45) is 5.73 Å². The van der Waals surface area contributed by atoms with Crippen LogP contribution in [0.5, 0.6) is 0 Å². The Morgan fingerprint density at radius 2 is 1.95 bits per heavy atom. The highest BCUT2D eigenvalue weighted by Crippen LogP contribution is 2.35. The number of rotatable bonds is 4. The number of nitrogens with one attached hydrogen (secondary N) is 1. The molecule has 1 atom stereocenters. The first-order valence-corrected chi connectivity index (χ1v) is 7.34. The number of hydrogen-bond donors (Lipinski definition) is 2. The van der Waals surface area contributed by atoms with Gasteiger partial charge < -0.3 is 10.7 Å². The normalized spacial score (nSPS) is 12.7. The topological polar surface area (TPSA) is 41.8 Å². The highest BCUT2D eigenvalue weighted by molar-refractivity contribution is 7.99. The minimum absolute atomic E-state index is 0.0405. The minimum Gasteiger partial charge on any atom is -0.350 e. The summed E-state index contributed by atoms with van der Waals surface area (Å²) in [6.07, 6.45) is 0. The minimum atomic E-state index is -0.224. The van der Waals surface area contributed by atoms with Crippen LogP contribution in [0.3, 0.4) is 0 Å². The highest BCUT2D eigenvalue weighted by Gasteiger charge is 2.13. The summed E-state index contributed by atoms with van der Waals surface area (Å²) in [5.74, 6) is -0.224. The number of aromatic nitrogens is 1. The molecule has 0 radical (unpaired) electrons. The van der Waals surface area contributed by atoms with Gasteiger partial charge in [0.2, 0.25) is 0 Å². The second-order valence-corrected chi connectivity index (χ2v) is 5.86. The maximum atomic E-state index is 13.3. The first-order chi connectivity index (χ1) is 9.76. The molecule has 3 aromatic rings. The number of para-hydroxylation sites is 1. The predicted molar refractivity (Wildman–Crippen MR) is 82.4 cm³/mol. The SMILES string of the molecule is NCC(Sc1cc2ccccc2[nH]1)c1cccc(F)c1. The second-order valence-electron chi connectivity index (χ2n) is 4.62. The maximum absolute atomic E-state index is 13.3. The van der Waals surface area contributed by atoms with Gasteiger partial charge in [-0.2, -0.15) is 0 Å². The number of aromatic amines is 1. The largest absolute Gasteiger partial charge is 0.350 e. The zero-order chi connectivity index (χ0) is 13.9. The third-order valence-corrected chi connectivity index (χ3v) is 4.43. The van der Waals surface area contributed by atoms with Crippen LogP contribution in [0.4, 0.5) is 4.39 Å². The van der Waals surface area contributed by atoms with Gasteiger partial charge in [0.05, 0.1) is 5.03 Å². The smallest absolute Gasteiger partial charge is 0.123 e. The molecule has 0 bridgehead atoms. The number of thioether (sulfide) groups is 1. The van der Waals surface area contributed by atoms with Gasteiger partial charge in [-0.15, -0.1) is 0 Å². The van der Waals surface area contributed by atoms with E-state index in [4.69, 9.17) is 5.73 Å². The highest BCUT2D eigenvalue weighted by atomic mass is 32.2. The van der Waals surface area contributed by atoms with E-state index in [9.17, 15) is 4.39 Å². The summed E-state index contributed by atoms with van der Waals surface area (Å²) in [7, 11) is 0. The van der Waals surface area contributed by atoms with Gasteiger partial charge in [0, 0.05) is 22.7 Å². The Bertz CT molecular complexity index is 690. The van der Waals surface area contributed by atoms with Crippen molar-refractivity contribution < 1.29 is 4.39 Å². The molecule has 0 aliphatic heterocycles. The van der Waals surface area contributed by atoms with E-state index in [1.165, 1.54) is 11.5 Å². The Hall–Kier alpha value is -1.78. The summed E-state index contributed by atoms with van der Waals surface area (Å²) in [4.78, 5) is 3.36. The zero-order valence-corrected chi connectivity index (χ0v) is 11.7. The van der Waals surface area contributed by atoms with Crippen molar-refractivity contribution in [2.75, 3.05) is 6.54 Å². The van der Waals surface area contributed by atoms with Crippen molar-refractivity contribution in [3.63, 3.8) is 0 Å². The van der Waals surface area contributed by atoms with Crippen LogP contribution in [0.15, 0.2) is 59.6 Å². The Balaban J connectivity index is 1.87. The molecule has 0 aliphatic rings. The Morgan fingerprint density at radius 3 is 2.70 bits per heavy atom. The lowest BCUT2D eigenvalue weighted by Crippen LogP contribution is -2.09. The van der Waals surface area contributed by atoms with Gasteiger partial charge in [0.1, 0.15) is 5.82 Å². The first kappa shape index (κ1) is 13.2. The Labute approximate surface area is 121 Å². The third-order valence-electron chi connectivity index (χ3n) is 3.21. The van der Waals surface area contributed by atoms with Gasteiger partial charge in [-0.3, -0.25) is 0 Å². The second kappa shape index (κ2) is 5.69. The van der Waals surface area contributed by atoms with Crippen LogP contribution >= 0.6 is 11.8 Å². The summed E-state index contributed by atoms with van der Waals surface area (Å²) in [6, 6.07) is 16.8. The fourth-order valence-electron chi connectivity index (χ4n) is 2.22. The molecule has 3 N–H and O–H groups in total. The van der Waals surface area contributed by atoms with Crippen molar-refractivity contribution in [1.29, 1.82) is 0 Å². The molecule has 1 aromatic heterocycles. The summed E-state index contributed by atoms with van der Waals surface area (Å²) in [5, 5.41) is 2.26. The molecule has 4 heteroatoms. The average Bonchev–Trinajstić information content (AvgIpc) is 2.87. The molecular formula is C16H15FN2S. The van der Waals surface area contributed by atoms with Gasteiger partial charge in [0.25, 0.3) is 0 Å². The molecule has 0 saturated carbocycles. The van der Waals surface area contributed by atoms with Gasteiger partial charge in [0.15, 0.2) is 0 Å². The monoisotopic (exact) mass is 286 g/mol. The van der Waals surface area contributed by atoms with Crippen LogP contribution in [-0.2, 0) is 0 Å². The molecule has 102 valence electrons. The van der Waals surface area contributed by atoms with E-state index >= 15 is 0 Å². The molecule has 0 saturated heterocycles. The average molecular weight is 286 g/mol. The van der Waals surface area contributed by atoms with Crippen LogP contribution in [0.1, 0.15) is 10.8 Å². The molecule has 0 spiro atoms.